The monoisotopic (exact) mass is 476 g/mol. The van der Waals surface area contributed by atoms with E-state index in [1.807, 2.05) is 20.8 Å². The summed E-state index contributed by atoms with van der Waals surface area (Å²) in [5.41, 5.74) is 3.98. The van der Waals surface area contributed by atoms with E-state index in [1.165, 1.54) is 6.21 Å². The van der Waals surface area contributed by atoms with Gasteiger partial charge < -0.3 is 18.9 Å². The van der Waals surface area contributed by atoms with Crippen molar-refractivity contribution in [2.75, 3.05) is 19.8 Å². The third-order valence-electron chi connectivity index (χ3n) is 4.68. The number of hydrazone groups is 1. The fourth-order valence-electron chi connectivity index (χ4n) is 3.07. The van der Waals surface area contributed by atoms with Gasteiger partial charge in [-0.3, -0.25) is 4.79 Å². The van der Waals surface area contributed by atoms with Gasteiger partial charge in [0, 0.05) is 5.56 Å². The van der Waals surface area contributed by atoms with Crippen molar-refractivity contribution in [2.24, 2.45) is 5.10 Å². The average molecular weight is 477 g/mol. The van der Waals surface area contributed by atoms with E-state index < -0.39 is 5.97 Å². The molecule has 3 aromatic carbocycles. The fourth-order valence-corrected chi connectivity index (χ4v) is 3.07. The van der Waals surface area contributed by atoms with Crippen LogP contribution in [-0.2, 0) is 0 Å². The van der Waals surface area contributed by atoms with Crippen LogP contribution in [0.1, 0.15) is 47.1 Å². The van der Waals surface area contributed by atoms with E-state index in [4.69, 9.17) is 18.9 Å². The second-order valence-electron chi connectivity index (χ2n) is 7.14. The Bertz CT molecular complexity index is 1160. The molecule has 0 aliphatic heterocycles. The molecule has 35 heavy (non-hydrogen) atoms. The van der Waals surface area contributed by atoms with Crippen LogP contribution in [0.15, 0.2) is 71.8 Å². The Labute approximate surface area is 204 Å². The summed E-state index contributed by atoms with van der Waals surface area (Å²) in [6.45, 7) is 7.09. The van der Waals surface area contributed by atoms with Gasteiger partial charge in [0.2, 0.25) is 0 Å². The first kappa shape index (κ1) is 25.3. The van der Waals surface area contributed by atoms with Gasteiger partial charge >= 0.3 is 5.97 Å². The third kappa shape index (κ3) is 7.33. The zero-order valence-corrected chi connectivity index (χ0v) is 19.9. The van der Waals surface area contributed by atoms with E-state index in [2.05, 4.69) is 10.5 Å². The first-order valence-electron chi connectivity index (χ1n) is 11.3. The van der Waals surface area contributed by atoms with Crippen LogP contribution in [0, 0.1) is 0 Å². The van der Waals surface area contributed by atoms with Gasteiger partial charge in [-0.15, -0.1) is 0 Å². The minimum Gasteiger partial charge on any atom is -0.494 e. The lowest BCUT2D eigenvalue weighted by atomic mass is 10.2. The quantitative estimate of drug-likeness (QED) is 0.184. The minimum absolute atomic E-state index is 0.279. The van der Waals surface area contributed by atoms with Crippen LogP contribution >= 0.6 is 0 Å². The molecular weight excluding hydrogens is 448 g/mol. The van der Waals surface area contributed by atoms with E-state index in [0.29, 0.717) is 53.8 Å². The Balaban J connectivity index is 1.65. The number of amides is 1. The number of carbonyl (C=O) groups excluding carboxylic acids is 2. The lowest BCUT2D eigenvalue weighted by Crippen LogP contribution is -2.17. The Morgan fingerprint density at radius 3 is 1.89 bits per heavy atom. The van der Waals surface area contributed by atoms with Gasteiger partial charge in [-0.2, -0.15) is 5.10 Å². The molecule has 1 amide bonds. The van der Waals surface area contributed by atoms with Crippen LogP contribution in [0.3, 0.4) is 0 Å². The molecule has 0 aliphatic carbocycles. The lowest BCUT2D eigenvalue weighted by Gasteiger charge is -2.11. The van der Waals surface area contributed by atoms with Gasteiger partial charge in [-0.25, -0.2) is 10.2 Å². The van der Waals surface area contributed by atoms with Gasteiger partial charge in [-0.1, -0.05) is 0 Å². The Kier molecular flexibility index (Phi) is 9.24. The number of nitrogens with one attached hydrogen (secondary N) is 1. The summed E-state index contributed by atoms with van der Waals surface area (Å²) in [7, 11) is 0. The molecular formula is C27H28N2O6. The number of benzene rings is 3. The van der Waals surface area contributed by atoms with Crippen LogP contribution < -0.4 is 24.4 Å². The molecule has 3 rings (SSSR count). The van der Waals surface area contributed by atoms with Crippen LogP contribution in [0.2, 0.25) is 0 Å². The molecule has 0 saturated carbocycles. The summed E-state index contributed by atoms with van der Waals surface area (Å²) in [6, 6.07) is 18.5. The van der Waals surface area contributed by atoms with Crippen LogP contribution in [0.25, 0.3) is 0 Å². The van der Waals surface area contributed by atoms with Crippen molar-refractivity contribution in [3.63, 3.8) is 0 Å². The van der Waals surface area contributed by atoms with Crippen LogP contribution in [0.4, 0.5) is 0 Å². The van der Waals surface area contributed by atoms with E-state index in [0.717, 1.165) is 0 Å². The zero-order valence-electron chi connectivity index (χ0n) is 19.9. The highest BCUT2D eigenvalue weighted by Crippen LogP contribution is 2.29. The van der Waals surface area contributed by atoms with Gasteiger partial charge in [-0.05, 0) is 93.1 Å². The maximum absolute atomic E-state index is 12.6. The predicted octanol–water partition coefficient (Wildman–Crippen LogP) is 4.87. The van der Waals surface area contributed by atoms with Gasteiger partial charge in [0.25, 0.3) is 5.91 Å². The van der Waals surface area contributed by atoms with Crippen molar-refractivity contribution in [1.29, 1.82) is 0 Å². The molecule has 1 N–H and O–H groups in total. The Morgan fingerprint density at radius 2 is 1.31 bits per heavy atom. The minimum atomic E-state index is -0.516. The maximum Gasteiger partial charge on any atom is 0.343 e. The highest BCUT2D eigenvalue weighted by Gasteiger charge is 2.13. The first-order valence-corrected chi connectivity index (χ1v) is 11.3. The number of carbonyl (C=O) groups is 2. The van der Waals surface area contributed by atoms with Crippen molar-refractivity contribution in [2.45, 2.75) is 20.8 Å². The van der Waals surface area contributed by atoms with E-state index in [1.54, 1.807) is 66.7 Å². The number of hydrogen-bond acceptors (Lipinski definition) is 7. The SMILES string of the molecule is CCOc1ccc(C(=O)NN=Cc2ccc(OC(=O)c3ccc(OCC)cc3)c(OCC)c2)cc1. The summed E-state index contributed by atoms with van der Waals surface area (Å²) < 4.78 is 21.9. The molecule has 8 nitrogen and oxygen atoms in total. The normalized spacial score (nSPS) is 10.6. The predicted molar refractivity (Wildman–Crippen MR) is 133 cm³/mol. The molecule has 0 atom stereocenters. The van der Waals surface area contributed by atoms with E-state index in [9.17, 15) is 9.59 Å². The third-order valence-corrected chi connectivity index (χ3v) is 4.68. The fraction of sp³-hybridized carbons (Fsp3) is 0.222. The molecule has 0 aliphatic rings. The second-order valence-corrected chi connectivity index (χ2v) is 7.14. The largest absolute Gasteiger partial charge is 0.494 e. The first-order chi connectivity index (χ1) is 17.0. The second kappa shape index (κ2) is 12.8. The lowest BCUT2D eigenvalue weighted by molar-refractivity contribution is 0.0728. The van der Waals surface area contributed by atoms with E-state index >= 15 is 0 Å². The Hall–Kier alpha value is -4.33. The Morgan fingerprint density at radius 1 is 0.743 bits per heavy atom. The zero-order chi connectivity index (χ0) is 25.0. The van der Waals surface area contributed by atoms with Crippen molar-refractivity contribution >= 4 is 18.1 Å². The highest BCUT2D eigenvalue weighted by molar-refractivity contribution is 5.95. The van der Waals surface area contributed by atoms with Crippen molar-refractivity contribution < 1.29 is 28.5 Å². The molecule has 0 heterocycles. The summed E-state index contributed by atoms with van der Waals surface area (Å²) in [4.78, 5) is 24.8. The molecule has 0 radical (unpaired) electrons. The number of rotatable bonds is 11. The summed E-state index contributed by atoms with van der Waals surface area (Å²) in [6.07, 6.45) is 1.48. The van der Waals surface area contributed by atoms with Crippen molar-refractivity contribution in [3.8, 4) is 23.0 Å². The number of ether oxygens (including phenoxy) is 4. The maximum atomic E-state index is 12.6. The molecule has 8 heteroatoms. The molecule has 0 saturated heterocycles. The molecule has 182 valence electrons. The standard InChI is InChI=1S/C27H28N2O6/c1-4-32-22-12-8-20(9-13-22)26(30)29-28-18-19-7-16-24(25(17-19)34-6-3)35-27(31)21-10-14-23(15-11-21)33-5-2/h7-18H,4-6H2,1-3H3,(H,29,30). The topological polar surface area (TPSA) is 95.5 Å². The van der Waals surface area contributed by atoms with Crippen molar-refractivity contribution in [1.82, 2.24) is 5.43 Å². The highest BCUT2D eigenvalue weighted by atomic mass is 16.6. The average Bonchev–Trinajstić information content (AvgIpc) is 2.87. The summed E-state index contributed by atoms with van der Waals surface area (Å²) in [5, 5.41) is 4.01. The van der Waals surface area contributed by atoms with E-state index in [-0.39, 0.29) is 11.7 Å². The summed E-state index contributed by atoms with van der Waals surface area (Å²) in [5.74, 6) is 1.17. The van der Waals surface area contributed by atoms with Crippen LogP contribution in [0.5, 0.6) is 23.0 Å². The molecule has 0 spiro atoms. The molecule has 0 aromatic heterocycles. The number of esters is 1. The summed E-state index contributed by atoms with van der Waals surface area (Å²) >= 11 is 0. The smallest absolute Gasteiger partial charge is 0.343 e. The van der Waals surface area contributed by atoms with Gasteiger partial charge in [0.15, 0.2) is 11.5 Å². The van der Waals surface area contributed by atoms with Crippen LogP contribution in [-0.4, -0.2) is 37.9 Å². The molecule has 0 bridgehead atoms. The molecule has 0 fully saturated rings. The van der Waals surface area contributed by atoms with Gasteiger partial charge in [0.05, 0.1) is 31.6 Å². The number of hydrogen-bond donors (Lipinski definition) is 1. The number of nitrogens with zero attached hydrogens (tertiary/aromatic N) is 1. The molecule has 3 aromatic rings. The van der Waals surface area contributed by atoms with Crippen molar-refractivity contribution in [3.05, 3.63) is 83.4 Å². The van der Waals surface area contributed by atoms with Gasteiger partial charge in [0.1, 0.15) is 11.5 Å². The molecule has 0 unspecified atom stereocenters.